The standard InChI is InChI=1S/C20H20N4O2S/c1-13(2)22-20-19(23-16-6-4-5-7-17(16)24-20)18(12-21)27(25,26)15-10-8-14(3)9-11-15/h4-11,13,18H,1-3H3,(H,22,24)/t18-/m1/s1. The van der Waals surface area contributed by atoms with Crippen LogP contribution in [-0.4, -0.2) is 24.4 Å². The molecule has 0 aliphatic heterocycles. The van der Waals surface area contributed by atoms with Crippen molar-refractivity contribution in [2.24, 2.45) is 0 Å². The molecule has 0 aliphatic carbocycles. The van der Waals surface area contributed by atoms with Crippen LogP contribution in [-0.2, 0) is 9.84 Å². The summed E-state index contributed by atoms with van der Waals surface area (Å²) in [5.41, 5.74) is 2.23. The van der Waals surface area contributed by atoms with Crippen LogP contribution in [0.5, 0.6) is 0 Å². The number of hydrogen-bond acceptors (Lipinski definition) is 6. The fourth-order valence-electron chi connectivity index (χ4n) is 2.72. The highest BCUT2D eigenvalue weighted by Gasteiger charge is 2.33. The van der Waals surface area contributed by atoms with Crippen LogP contribution in [0.25, 0.3) is 11.0 Å². The summed E-state index contributed by atoms with van der Waals surface area (Å²) < 4.78 is 26.3. The predicted molar refractivity (Wildman–Crippen MR) is 105 cm³/mol. The predicted octanol–water partition coefficient (Wildman–Crippen LogP) is 3.80. The van der Waals surface area contributed by atoms with Gasteiger partial charge in [0.2, 0.25) is 9.84 Å². The molecule has 6 nitrogen and oxygen atoms in total. The lowest BCUT2D eigenvalue weighted by Gasteiger charge is -2.17. The van der Waals surface area contributed by atoms with Crippen LogP contribution in [0.3, 0.4) is 0 Å². The first-order valence-corrected chi connectivity index (χ1v) is 10.1. The van der Waals surface area contributed by atoms with E-state index in [4.69, 9.17) is 0 Å². The van der Waals surface area contributed by atoms with Crippen molar-refractivity contribution >= 4 is 26.7 Å². The Morgan fingerprint density at radius 3 is 2.15 bits per heavy atom. The molecule has 1 atom stereocenters. The number of aryl methyl sites for hydroxylation is 1. The molecule has 0 bridgehead atoms. The van der Waals surface area contributed by atoms with Crippen LogP contribution in [0.1, 0.15) is 30.4 Å². The van der Waals surface area contributed by atoms with Crippen molar-refractivity contribution in [3.8, 4) is 6.07 Å². The zero-order valence-corrected chi connectivity index (χ0v) is 16.2. The van der Waals surface area contributed by atoms with Crippen molar-refractivity contribution in [2.45, 2.75) is 37.0 Å². The normalized spacial score (nSPS) is 12.7. The number of benzene rings is 2. The molecule has 0 aliphatic rings. The zero-order valence-electron chi connectivity index (χ0n) is 15.3. The van der Waals surface area contributed by atoms with Gasteiger partial charge in [-0.15, -0.1) is 0 Å². The lowest BCUT2D eigenvalue weighted by atomic mass is 10.2. The molecular weight excluding hydrogens is 360 g/mol. The second-order valence-corrected chi connectivity index (χ2v) is 8.65. The molecule has 1 heterocycles. The minimum Gasteiger partial charge on any atom is -0.366 e. The number of fused-ring (bicyclic) bond motifs is 1. The van der Waals surface area contributed by atoms with E-state index in [9.17, 15) is 13.7 Å². The summed E-state index contributed by atoms with van der Waals surface area (Å²) in [5, 5.41) is 11.4. The van der Waals surface area contributed by atoms with Crippen molar-refractivity contribution in [1.29, 1.82) is 5.26 Å². The summed E-state index contributed by atoms with van der Waals surface area (Å²) in [6.45, 7) is 5.70. The van der Waals surface area contributed by atoms with Gasteiger partial charge in [0.15, 0.2) is 11.1 Å². The number of sulfone groups is 1. The van der Waals surface area contributed by atoms with Crippen LogP contribution >= 0.6 is 0 Å². The van der Waals surface area contributed by atoms with Gasteiger partial charge in [0.25, 0.3) is 0 Å². The number of nitriles is 1. The van der Waals surface area contributed by atoms with Gasteiger partial charge in [0.1, 0.15) is 5.69 Å². The van der Waals surface area contributed by atoms with Crippen molar-refractivity contribution in [2.75, 3.05) is 5.32 Å². The highest BCUT2D eigenvalue weighted by atomic mass is 32.2. The summed E-state index contributed by atoms with van der Waals surface area (Å²) in [6, 6.07) is 15.5. The Bertz CT molecular complexity index is 1120. The zero-order chi connectivity index (χ0) is 19.6. The highest BCUT2D eigenvalue weighted by molar-refractivity contribution is 7.92. The monoisotopic (exact) mass is 380 g/mol. The Kier molecular flexibility index (Phi) is 5.10. The molecule has 3 aromatic rings. The Morgan fingerprint density at radius 1 is 1.00 bits per heavy atom. The van der Waals surface area contributed by atoms with E-state index in [1.54, 1.807) is 30.3 Å². The highest BCUT2D eigenvalue weighted by Crippen LogP contribution is 2.32. The second-order valence-electron chi connectivity index (χ2n) is 6.61. The molecule has 138 valence electrons. The molecule has 27 heavy (non-hydrogen) atoms. The van der Waals surface area contributed by atoms with E-state index in [1.165, 1.54) is 12.1 Å². The number of anilines is 1. The van der Waals surface area contributed by atoms with Crippen LogP contribution in [0.15, 0.2) is 53.4 Å². The van der Waals surface area contributed by atoms with Crippen LogP contribution in [0.4, 0.5) is 5.82 Å². The number of para-hydroxylation sites is 2. The van der Waals surface area contributed by atoms with Crippen LogP contribution in [0, 0.1) is 18.3 Å². The molecule has 1 aromatic heterocycles. The van der Waals surface area contributed by atoms with Gasteiger partial charge < -0.3 is 5.32 Å². The molecule has 7 heteroatoms. The van der Waals surface area contributed by atoms with E-state index in [2.05, 4.69) is 15.3 Å². The number of nitrogens with zero attached hydrogens (tertiary/aromatic N) is 3. The van der Waals surface area contributed by atoms with Crippen LogP contribution < -0.4 is 5.32 Å². The third-order valence-electron chi connectivity index (χ3n) is 4.05. The van der Waals surface area contributed by atoms with Gasteiger partial charge in [-0.3, -0.25) is 0 Å². The maximum atomic E-state index is 13.1. The fourth-order valence-corrected chi connectivity index (χ4v) is 4.10. The minimum atomic E-state index is -3.95. The summed E-state index contributed by atoms with van der Waals surface area (Å²) in [7, 11) is -3.95. The van der Waals surface area contributed by atoms with E-state index in [0.29, 0.717) is 16.9 Å². The van der Waals surface area contributed by atoms with Gasteiger partial charge in [0.05, 0.1) is 22.0 Å². The van der Waals surface area contributed by atoms with Crippen LogP contribution in [0.2, 0.25) is 0 Å². The first-order valence-electron chi connectivity index (χ1n) is 8.56. The Labute approximate surface area is 158 Å². The molecule has 0 saturated carbocycles. The third-order valence-corrected chi connectivity index (χ3v) is 5.93. The van der Waals surface area contributed by atoms with Gasteiger partial charge in [-0.25, -0.2) is 18.4 Å². The largest absolute Gasteiger partial charge is 0.366 e. The van der Waals surface area contributed by atoms with E-state index in [-0.39, 0.29) is 16.6 Å². The van der Waals surface area contributed by atoms with Crippen molar-refractivity contribution in [3.63, 3.8) is 0 Å². The smallest absolute Gasteiger partial charge is 0.200 e. The maximum absolute atomic E-state index is 13.1. The van der Waals surface area contributed by atoms with Gasteiger partial charge >= 0.3 is 0 Å². The lowest BCUT2D eigenvalue weighted by Crippen LogP contribution is -2.20. The average Bonchev–Trinajstić information content (AvgIpc) is 2.62. The summed E-state index contributed by atoms with van der Waals surface area (Å²) in [5.74, 6) is 0.311. The fraction of sp³-hybridized carbons (Fsp3) is 0.250. The van der Waals surface area contributed by atoms with Gasteiger partial charge in [-0.2, -0.15) is 5.26 Å². The van der Waals surface area contributed by atoms with Crippen molar-refractivity contribution < 1.29 is 8.42 Å². The minimum absolute atomic E-state index is 0.000587. The number of nitrogens with one attached hydrogen (secondary N) is 1. The van der Waals surface area contributed by atoms with Gasteiger partial charge in [-0.05, 0) is 45.0 Å². The van der Waals surface area contributed by atoms with E-state index >= 15 is 0 Å². The molecule has 0 radical (unpaired) electrons. The SMILES string of the molecule is Cc1ccc(S(=O)(=O)[C@H](C#N)c2nc3ccccc3nc2NC(C)C)cc1. The molecule has 0 spiro atoms. The molecule has 0 amide bonds. The summed E-state index contributed by atoms with van der Waals surface area (Å²) >= 11 is 0. The summed E-state index contributed by atoms with van der Waals surface area (Å²) in [4.78, 5) is 9.09. The van der Waals surface area contributed by atoms with Crippen molar-refractivity contribution in [3.05, 3.63) is 59.8 Å². The van der Waals surface area contributed by atoms with E-state index < -0.39 is 15.1 Å². The first-order chi connectivity index (χ1) is 12.8. The van der Waals surface area contributed by atoms with E-state index in [0.717, 1.165) is 5.56 Å². The third kappa shape index (κ3) is 3.76. The molecule has 1 N–H and O–H groups in total. The van der Waals surface area contributed by atoms with Gasteiger partial charge in [0, 0.05) is 6.04 Å². The number of aromatic nitrogens is 2. The second kappa shape index (κ2) is 7.33. The molecular formula is C20H20N4O2S. The molecule has 0 unspecified atom stereocenters. The molecule has 2 aromatic carbocycles. The Hall–Kier alpha value is -2.98. The molecule has 0 fully saturated rings. The quantitative estimate of drug-likeness (QED) is 0.723. The molecule has 0 saturated heterocycles. The number of rotatable bonds is 5. The topological polar surface area (TPSA) is 95.7 Å². The lowest BCUT2D eigenvalue weighted by molar-refractivity contribution is 0.590. The maximum Gasteiger partial charge on any atom is 0.200 e. The first kappa shape index (κ1) is 18.8. The Morgan fingerprint density at radius 2 is 1.59 bits per heavy atom. The Balaban J connectivity index is 2.20. The van der Waals surface area contributed by atoms with Crippen molar-refractivity contribution in [1.82, 2.24) is 9.97 Å². The molecule has 3 rings (SSSR count). The number of hydrogen-bond donors (Lipinski definition) is 1. The average molecular weight is 380 g/mol. The summed E-state index contributed by atoms with van der Waals surface area (Å²) in [6.07, 6.45) is 0. The van der Waals surface area contributed by atoms with E-state index in [1.807, 2.05) is 32.9 Å². The van der Waals surface area contributed by atoms with Gasteiger partial charge in [-0.1, -0.05) is 29.8 Å².